The molecule has 9 heteroatoms. The van der Waals surface area contributed by atoms with Crippen molar-refractivity contribution in [3.8, 4) is 6.01 Å². The monoisotopic (exact) mass is 326 g/mol. The third-order valence-electron chi connectivity index (χ3n) is 3.93. The van der Waals surface area contributed by atoms with Gasteiger partial charge >= 0.3 is 12.0 Å². The third kappa shape index (κ3) is 2.60. The van der Waals surface area contributed by atoms with Crippen molar-refractivity contribution in [1.29, 1.82) is 0 Å². The predicted octanol–water partition coefficient (Wildman–Crippen LogP) is 1.73. The van der Waals surface area contributed by atoms with E-state index < -0.39 is 5.97 Å². The van der Waals surface area contributed by atoms with Crippen molar-refractivity contribution >= 4 is 22.8 Å². The van der Waals surface area contributed by atoms with Crippen molar-refractivity contribution in [3.05, 3.63) is 36.0 Å². The van der Waals surface area contributed by atoms with Gasteiger partial charge in [0.05, 0.1) is 6.20 Å². The molecule has 1 fully saturated rings. The van der Waals surface area contributed by atoms with Crippen LogP contribution in [0.15, 0.2) is 30.5 Å². The molecule has 0 unspecified atom stereocenters. The highest BCUT2D eigenvalue weighted by Gasteiger charge is 2.22. The maximum absolute atomic E-state index is 11.3. The average Bonchev–Trinajstić information content (AvgIpc) is 2.94. The van der Waals surface area contributed by atoms with Crippen LogP contribution < -0.4 is 10.2 Å². The first-order valence-electron chi connectivity index (χ1n) is 7.56. The van der Waals surface area contributed by atoms with E-state index in [9.17, 15) is 9.90 Å². The fraction of sp³-hybridized carbons (Fsp3) is 0.267. The largest absolute Gasteiger partial charge is 0.477 e. The molecule has 0 radical (unpaired) electrons. The fourth-order valence-electron chi connectivity index (χ4n) is 2.41. The maximum Gasteiger partial charge on any atom is 0.347 e. The summed E-state index contributed by atoms with van der Waals surface area (Å²) in [5, 5.41) is 20.3. The predicted molar refractivity (Wildman–Crippen MR) is 83.8 cm³/mol. The van der Waals surface area contributed by atoms with Crippen molar-refractivity contribution in [2.45, 2.75) is 25.3 Å². The molecule has 24 heavy (non-hydrogen) atoms. The lowest BCUT2D eigenvalue weighted by molar-refractivity contribution is 0.0696. The zero-order valence-electron chi connectivity index (χ0n) is 12.6. The summed E-state index contributed by atoms with van der Waals surface area (Å²) in [5.74, 6) is -0.837. The summed E-state index contributed by atoms with van der Waals surface area (Å²) in [7, 11) is 0. The topological polar surface area (TPSA) is 115 Å². The van der Waals surface area contributed by atoms with Crippen LogP contribution in [-0.2, 0) is 0 Å². The lowest BCUT2D eigenvalue weighted by atomic mass is 9.93. The summed E-state index contributed by atoms with van der Waals surface area (Å²) in [4.78, 5) is 26.2. The second kappa shape index (κ2) is 5.76. The number of benzene rings is 1. The Balaban J connectivity index is 1.65. The molecular weight excluding hydrogens is 312 g/mol. The molecule has 122 valence electrons. The number of para-hydroxylation sites is 1. The van der Waals surface area contributed by atoms with Gasteiger partial charge in [0.2, 0.25) is 0 Å². The van der Waals surface area contributed by atoms with Gasteiger partial charge in [0, 0.05) is 6.04 Å². The minimum atomic E-state index is -1.09. The zero-order chi connectivity index (χ0) is 16.5. The van der Waals surface area contributed by atoms with Gasteiger partial charge in [-0.05, 0) is 36.6 Å². The average molecular weight is 326 g/mol. The highest BCUT2D eigenvalue weighted by molar-refractivity contribution is 5.92. The lowest BCUT2D eigenvalue weighted by Crippen LogP contribution is -2.28. The normalized spacial score (nSPS) is 14.3. The van der Waals surface area contributed by atoms with Gasteiger partial charge in [0.25, 0.3) is 0 Å². The number of nitrogens with one attached hydrogen (secondary N) is 1. The number of hydrogen-bond donors (Lipinski definition) is 2. The van der Waals surface area contributed by atoms with E-state index in [0.717, 1.165) is 19.3 Å². The highest BCUT2D eigenvalue weighted by atomic mass is 16.7. The quantitative estimate of drug-likeness (QED) is 0.728. The molecule has 4 rings (SSSR count). The van der Waals surface area contributed by atoms with Gasteiger partial charge in [0.1, 0.15) is 22.4 Å². The first-order valence-corrected chi connectivity index (χ1v) is 7.56. The van der Waals surface area contributed by atoms with Gasteiger partial charge < -0.3 is 15.3 Å². The van der Waals surface area contributed by atoms with E-state index in [2.05, 4.69) is 25.6 Å². The van der Waals surface area contributed by atoms with Crippen molar-refractivity contribution < 1.29 is 14.7 Å². The molecule has 0 amide bonds. The molecule has 3 aromatic rings. The minimum absolute atomic E-state index is 0.00234. The molecule has 2 aromatic heterocycles. The molecule has 1 aliphatic rings. The lowest BCUT2D eigenvalue weighted by Gasteiger charge is -2.27. The molecule has 0 bridgehead atoms. The Morgan fingerprint density at radius 3 is 2.92 bits per heavy atom. The molecule has 1 aromatic carbocycles. The summed E-state index contributed by atoms with van der Waals surface area (Å²) in [5.41, 5.74) is 1.35. The van der Waals surface area contributed by atoms with Crippen LogP contribution in [0.2, 0.25) is 0 Å². The third-order valence-corrected chi connectivity index (χ3v) is 3.93. The van der Waals surface area contributed by atoms with Crippen LogP contribution >= 0.6 is 0 Å². The highest BCUT2D eigenvalue weighted by Crippen LogP contribution is 2.25. The number of aromatic carboxylic acids is 1. The number of carboxylic acids is 1. The fourth-order valence-corrected chi connectivity index (χ4v) is 2.41. The second-order valence-electron chi connectivity index (χ2n) is 5.53. The van der Waals surface area contributed by atoms with E-state index in [1.54, 1.807) is 12.1 Å². The Morgan fingerprint density at radius 2 is 2.17 bits per heavy atom. The first-order chi connectivity index (χ1) is 11.7. The molecule has 0 aliphatic heterocycles. The summed E-state index contributed by atoms with van der Waals surface area (Å²) in [6, 6.07) is 7.52. The summed E-state index contributed by atoms with van der Waals surface area (Å²) in [6.45, 7) is 0. The molecular formula is C15H14N6O3. The van der Waals surface area contributed by atoms with Crippen LogP contribution in [0.4, 0.5) is 5.82 Å². The number of carboxylic acid groups (broad SMARTS) is 1. The first kappa shape index (κ1) is 14.4. The molecule has 0 atom stereocenters. The Hall–Kier alpha value is -3.23. The number of rotatable bonds is 5. The van der Waals surface area contributed by atoms with Gasteiger partial charge in [-0.2, -0.15) is 4.98 Å². The summed E-state index contributed by atoms with van der Waals surface area (Å²) >= 11 is 0. The second-order valence-corrected chi connectivity index (χ2v) is 5.53. The van der Waals surface area contributed by atoms with Crippen LogP contribution in [0.5, 0.6) is 6.01 Å². The van der Waals surface area contributed by atoms with Crippen LogP contribution in [0.25, 0.3) is 11.0 Å². The van der Waals surface area contributed by atoms with E-state index >= 15 is 0 Å². The van der Waals surface area contributed by atoms with Crippen molar-refractivity contribution in [1.82, 2.24) is 25.1 Å². The Morgan fingerprint density at radius 1 is 1.33 bits per heavy atom. The molecule has 9 nitrogen and oxygen atoms in total. The number of nitrogens with zero attached hydrogens (tertiary/aromatic N) is 5. The number of hydrogen-bond acceptors (Lipinski definition) is 7. The minimum Gasteiger partial charge on any atom is -0.477 e. The maximum atomic E-state index is 11.3. The van der Waals surface area contributed by atoms with Crippen LogP contribution in [0, 0.1) is 0 Å². The molecule has 0 saturated heterocycles. The molecule has 1 aliphatic carbocycles. The van der Waals surface area contributed by atoms with Crippen LogP contribution in [0.3, 0.4) is 0 Å². The SMILES string of the molecule is O=C(O)c1cnc(On2nnc3ccccc32)nc1NC1CCC1. The number of anilines is 1. The molecule has 1 saturated carbocycles. The number of fused-ring (bicyclic) bond motifs is 1. The van der Waals surface area contributed by atoms with Gasteiger partial charge in [-0.1, -0.05) is 17.0 Å². The van der Waals surface area contributed by atoms with E-state index in [4.69, 9.17) is 4.84 Å². The summed E-state index contributed by atoms with van der Waals surface area (Å²) in [6.07, 6.45) is 4.34. The molecule has 2 N–H and O–H groups in total. The van der Waals surface area contributed by atoms with E-state index in [-0.39, 0.29) is 23.4 Å². The van der Waals surface area contributed by atoms with Gasteiger partial charge in [-0.3, -0.25) is 0 Å². The Labute approximate surface area is 136 Å². The van der Waals surface area contributed by atoms with E-state index in [1.165, 1.54) is 11.0 Å². The Kier molecular flexibility index (Phi) is 3.45. The molecule has 0 spiro atoms. The number of carbonyl (C=O) groups is 1. The van der Waals surface area contributed by atoms with E-state index in [0.29, 0.717) is 11.0 Å². The van der Waals surface area contributed by atoms with Crippen LogP contribution in [0.1, 0.15) is 29.6 Å². The van der Waals surface area contributed by atoms with Crippen molar-refractivity contribution in [2.24, 2.45) is 0 Å². The number of aromatic nitrogens is 5. The summed E-state index contributed by atoms with van der Waals surface area (Å²) < 4.78 is 0. The van der Waals surface area contributed by atoms with E-state index in [1.807, 2.05) is 12.1 Å². The zero-order valence-corrected chi connectivity index (χ0v) is 12.6. The standard InChI is InChI=1S/C15H14N6O3/c22-14(23)10-8-16-15(18-13(10)17-9-4-3-5-9)24-21-12-7-2-1-6-11(12)19-20-21/h1-2,6-9H,3-5H2,(H,22,23)(H,16,17,18). The Bertz CT molecular complexity index is 905. The van der Waals surface area contributed by atoms with Gasteiger partial charge in [-0.25, -0.2) is 9.78 Å². The van der Waals surface area contributed by atoms with Crippen LogP contribution in [-0.4, -0.2) is 42.2 Å². The molecule has 2 heterocycles. The van der Waals surface area contributed by atoms with Crippen molar-refractivity contribution in [3.63, 3.8) is 0 Å². The smallest absolute Gasteiger partial charge is 0.347 e. The van der Waals surface area contributed by atoms with Gasteiger partial charge in [0.15, 0.2) is 0 Å². The van der Waals surface area contributed by atoms with Crippen molar-refractivity contribution in [2.75, 3.05) is 5.32 Å². The van der Waals surface area contributed by atoms with Gasteiger partial charge in [-0.15, -0.1) is 5.10 Å².